The molecule has 0 radical (unpaired) electrons. The number of rotatable bonds is 3. The van der Waals surface area contributed by atoms with E-state index < -0.39 is 5.97 Å². The van der Waals surface area contributed by atoms with Gasteiger partial charge in [-0.1, -0.05) is 0 Å². The van der Waals surface area contributed by atoms with Crippen LogP contribution >= 0.6 is 0 Å². The van der Waals surface area contributed by atoms with Crippen LogP contribution in [0.3, 0.4) is 0 Å². The van der Waals surface area contributed by atoms with E-state index in [0.29, 0.717) is 13.0 Å². The number of fused-ring (bicyclic) bond motifs is 1. The van der Waals surface area contributed by atoms with Crippen LogP contribution < -0.4 is 0 Å². The summed E-state index contributed by atoms with van der Waals surface area (Å²) in [6.07, 6.45) is 2.60. The summed E-state index contributed by atoms with van der Waals surface area (Å²) >= 11 is 0. The summed E-state index contributed by atoms with van der Waals surface area (Å²) in [6.45, 7) is 2.52. The molecule has 0 aromatic carbocycles. The van der Waals surface area contributed by atoms with Gasteiger partial charge in [0.2, 0.25) is 11.8 Å². The fourth-order valence-corrected chi connectivity index (χ4v) is 2.53. The second-order valence-corrected chi connectivity index (χ2v) is 4.60. The molecular weight excluding hydrogens is 236 g/mol. The van der Waals surface area contributed by atoms with Crippen LogP contribution in [-0.2, 0) is 19.1 Å². The van der Waals surface area contributed by atoms with E-state index in [1.807, 2.05) is 0 Å². The van der Waals surface area contributed by atoms with Gasteiger partial charge in [0.25, 0.3) is 0 Å². The van der Waals surface area contributed by atoms with Gasteiger partial charge in [-0.05, 0) is 26.2 Å². The van der Waals surface area contributed by atoms with Crippen LogP contribution in [-0.4, -0.2) is 59.9 Å². The van der Waals surface area contributed by atoms with Gasteiger partial charge in [0.05, 0.1) is 6.61 Å². The van der Waals surface area contributed by atoms with E-state index >= 15 is 0 Å². The number of hydrogen-bond donors (Lipinski definition) is 0. The molecule has 0 saturated carbocycles. The highest BCUT2D eigenvalue weighted by Crippen LogP contribution is 2.22. The Hall–Kier alpha value is -1.59. The van der Waals surface area contributed by atoms with E-state index in [1.165, 1.54) is 4.90 Å². The number of piperidine rings is 1. The predicted molar refractivity (Wildman–Crippen MR) is 62.6 cm³/mol. The summed E-state index contributed by atoms with van der Waals surface area (Å²) in [4.78, 5) is 38.4. The van der Waals surface area contributed by atoms with Crippen molar-refractivity contribution < 1.29 is 19.1 Å². The van der Waals surface area contributed by atoms with Crippen molar-refractivity contribution in [3.63, 3.8) is 0 Å². The lowest BCUT2D eigenvalue weighted by atomic mass is 9.98. The summed E-state index contributed by atoms with van der Waals surface area (Å²) < 4.78 is 4.81. The molecule has 6 nitrogen and oxygen atoms in total. The standard InChI is InChI=1S/C12H18N2O4/c1-2-18-11(16)8-13-7-10(15)14-6-4-3-5-9(14)12(13)17/h9H,2-8H2,1H3. The van der Waals surface area contributed by atoms with Gasteiger partial charge in [0.1, 0.15) is 19.1 Å². The molecule has 2 amide bonds. The van der Waals surface area contributed by atoms with Crippen molar-refractivity contribution in [1.29, 1.82) is 0 Å². The zero-order valence-corrected chi connectivity index (χ0v) is 10.6. The van der Waals surface area contributed by atoms with E-state index in [0.717, 1.165) is 12.8 Å². The van der Waals surface area contributed by atoms with Crippen molar-refractivity contribution in [1.82, 2.24) is 9.80 Å². The maximum Gasteiger partial charge on any atom is 0.325 e. The number of esters is 1. The second-order valence-electron chi connectivity index (χ2n) is 4.60. The number of hydrogen-bond acceptors (Lipinski definition) is 4. The summed E-state index contributed by atoms with van der Waals surface area (Å²) in [5.41, 5.74) is 0. The molecule has 0 spiro atoms. The lowest BCUT2D eigenvalue weighted by molar-refractivity contribution is -0.162. The van der Waals surface area contributed by atoms with Crippen molar-refractivity contribution in [2.24, 2.45) is 0 Å². The van der Waals surface area contributed by atoms with Crippen molar-refractivity contribution in [3.05, 3.63) is 0 Å². The lowest BCUT2D eigenvalue weighted by Crippen LogP contribution is -2.61. The minimum absolute atomic E-state index is 0.00581. The molecule has 0 aromatic heterocycles. The monoisotopic (exact) mass is 254 g/mol. The molecule has 2 aliphatic heterocycles. The van der Waals surface area contributed by atoms with E-state index in [-0.39, 0.29) is 37.6 Å². The molecular formula is C12H18N2O4. The summed E-state index contributed by atoms with van der Waals surface area (Å²) in [5, 5.41) is 0. The SMILES string of the molecule is CCOC(=O)CN1CC(=O)N2CCCCC2C1=O. The molecule has 18 heavy (non-hydrogen) atoms. The molecule has 100 valence electrons. The Morgan fingerprint density at radius 2 is 2.17 bits per heavy atom. The number of amides is 2. The van der Waals surface area contributed by atoms with Crippen molar-refractivity contribution >= 4 is 17.8 Å². The van der Waals surface area contributed by atoms with Crippen LogP contribution in [0.5, 0.6) is 0 Å². The quantitative estimate of drug-likeness (QED) is 0.653. The largest absolute Gasteiger partial charge is 0.465 e. The summed E-state index contributed by atoms with van der Waals surface area (Å²) in [7, 11) is 0. The Morgan fingerprint density at radius 1 is 1.39 bits per heavy atom. The van der Waals surface area contributed by atoms with Crippen molar-refractivity contribution in [2.45, 2.75) is 32.2 Å². The molecule has 0 aromatic rings. The highest BCUT2D eigenvalue weighted by atomic mass is 16.5. The van der Waals surface area contributed by atoms with Gasteiger partial charge in [-0.25, -0.2) is 0 Å². The molecule has 1 unspecified atom stereocenters. The number of carbonyl (C=O) groups is 3. The van der Waals surface area contributed by atoms with Gasteiger partial charge < -0.3 is 14.5 Å². The Balaban J connectivity index is 2.03. The van der Waals surface area contributed by atoms with E-state index in [1.54, 1.807) is 11.8 Å². The van der Waals surface area contributed by atoms with Crippen LogP contribution in [0.4, 0.5) is 0 Å². The summed E-state index contributed by atoms with van der Waals surface area (Å²) in [5.74, 6) is -0.645. The van der Waals surface area contributed by atoms with Gasteiger partial charge in [0.15, 0.2) is 0 Å². The Bertz CT molecular complexity index is 367. The Kier molecular flexibility index (Phi) is 3.84. The predicted octanol–water partition coefficient (Wildman–Crippen LogP) is -0.227. The van der Waals surface area contributed by atoms with Gasteiger partial charge in [-0.3, -0.25) is 14.4 Å². The zero-order chi connectivity index (χ0) is 13.1. The maximum atomic E-state index is 12.2. The second kappa shape index (κ2) is 5.37. The third kappa shape index (κ3) is 2.47. The van der Waals surface area contributed by atoms with Crippen LogP contribution in [0.15, 0.2) is 0 Å². The van der Waals surface area contributed by atoms with E-state index in [4.69, 9.17) is 4.74 Å². The molecule has 2 saturated heterocycles. The number of ether oxygens (including phenoxy) is 1. The zero-order valence-electron chi connectivity index (χ0n) is 10.6. The average Bonchev–Trinajstić information content (AvgIpc) is 2.36. The Labute approximate surface area is 106 Å². The van der Waals surface area contributed by atoms with Crippen LogP contribution in [0.2, 0.25) is 0 Å². The van der Waals surface area contributed by atoms with Crippen molar-refractivity contribution in [2.75, 3.05) is 26.2 Å². The van der Waals surface area contributed by atoms with Crippen molar-refractivity contribution in [3.8, 4) is 0 Å². The molecule has 2 heterocycles. The first kappa shape index (κ1) is 12.9. The molecule has 2 rings (SSSR count). The van der Waals surface area contributed by atoms with E-state index in [9.17, 15) is 14.4 Å². The lowest BCUT2D eigenvalue weighted by Gasteiger charge is -2.42. The normalized spacial score (nSPS) is 23.9. The number of nitrogens with zero attached hydrogens (tertiary/aromatic N) is 2. The first-order valence-electron chi connectivity index (χ1n) is 6.37. The third-order valence-electron chi connectivity index (χ3n) is 3.37. The maximum absolute atomic E-state index is 12.2. The molecule has 0 bridgehead atoms. The first-order chi connectivity index (χ1) is 8.63. The molecule has 1 atom stereocenters. The fraction of sp³-hybridized carbons (Fsp3) is 0.750. The third-order valence-corrected chi connectivity index (χ3v) is 3.37. The molecule has 2 fully saturated rings. The highest BCUT2D eigenvalue weighted by Gasteiger charge is 2.40. The van der Waals surface area contributed by atoms with Crippen LogP contribution in [0.1, 0.15) is 26.2 Å². The van der Waals surface area contributed by atoms with Gasteiger partial charge in [-0.15, -0.1) is 0 Å². The van der Waals surface area contributed by atoms with Crippen LogP contribution in [0, 0.1) is 0 Å². The first-order valence-corrected chi connectivity index (χ1v) is 6.37. The minimum Gasteiger partial charge on any atom is -0.465 e. The van der Waals surface area contributed by atoms with Gasteiger partial charge in [-0.2, -0.15) is 0 Å². The number of piperazine rings is 1. The van der Waals surface area contributed by atoms with Crippen LogP contribution in [0.25, 0.3) is 0 Å². The average molecular weight is 254 g/mol. The van der Waals surface area contributed by atoms with Gasteiger partial charge in [0, 0.05) is 6.54 Å². The molecule has 6 heteroatoms. The smallest absolute Gasteiger partial charge is 0.325 e. The van der Waals surface area contributed by atoms with Gasteiger partial charge >= 0.3 is 5.97 Å². The highest BCUT2D eigenvalue weighted by molar-refractivity contribution is 5.96. The number of carbonyl (C=O) groups excluding carboxylic acids is 3. The topological polar surface area (TPSA) is 66.9 Å². The Morgan fingerprint density at radius 3 is 2.89 bits per heavy atom. The van der Waals surface area contributed by atoms with E-state index in [2.05, 4.69) is 0 Å². The fourth-order valence-electron chi connectivity index (χ4n) is 2.53. The molecule has 0 aliphatic carbocycles. The summed E-state index contributed by atoms with van der Waals surface area (Å²) in [6, 6.07) is -0.366. The minimum atomic E-state index is -0.456. The molecule has 0 N–H and O–H groups in total. The molecule has 2 aliphatic rings.